The summed E-state index contributed by atoms with van der Waals surface area (Å²) in [5.41, 5.74) is 5.27. The number of aliphatic hydroxyl groups is 2. The molecule has 5 amide bonds. The van der Waals surface area contributed by atoms with Crippen molar-refractivity contribution in [3.05, 3.63) is 11.7 Å². The lowest BCUT2D eigenvalue weighted by Crippen LogP contribution is -2.55. The number of urea groups is 1. The smallest absolute Gasteiger partial charge is 0.316 e. The molecule has 1 aromatic heterocycles. The Labute approximate surface area is 200 Å². The Balaban J connectivity index is 2.27. The SMILES string of the molecule is CC(O)[C@@H]1NC(=O)N[C@@H](CC(N)=O)c2nc(no2)[C@H](CCO)NC(=O)COCCOCCNC1=O. The molecule has 0 fully saturated rings. The molecule has 0 radical (unpaired) electrons. The van der Waals surface area contributed by atoms with Crippen molar-refractivity contribution in [2.45, 2.75) is 44.0 Å². The lowest BCUT2D eigenvalue weighted by molar-refractivity contribution is -0.127. The van der Waals surface area contributed by atoms with E-state index in [9.17, 15) is 29.4 Å². The predicted molar refractivity (Wildman–Crippen MR) is 115 cm³/mol. The van der Waals surface area contributed by atoms with Crippen LogP contribution in [0.4, 0.5) is 4.79 Å². The molecule has 2 heterocycles. The van der Waals surface area contributed by atoms with Gasteiger partial charge in [0.1, 0.15) is 18.7 Å². The first-order valence-electron chi connectivity index (χ1n) is 10.9. The fraction of sp³-hybridized carbons (Fsp3) is 0.684. The number of hydrogen-bond acceptors (Lipinski definition) is 11. The summed E-state index contributed by atoms with van der Waals surface area (Å²) in [6.45, 7) is 1.18. The van der Waals surface area contributed by atoms with E-state index >= 15 is 0 Å². The largest absolute Gasteiger partial charge is 0.396 e. The third-order valence-corrected chi connectivity index (χ3v) is 4.73. The van der Waals surface area contributed by atoms with Crippen LogP contribution in [0.2, 0.25) is 0 Å². The molecule has 2 bridgehead atoms. The van der Waals surface area contributed by atoms with Crippen LogP contribution in [0, 0.1) is 0 Å². The Morgan fingerprint density at radius 3 is 2.57 bits per heavy atom. The molecule has 2 rings (SSSR count). The zero-order valence-corrected chi connectivity index (χ0v) is 19.2. The molecule has 0 saturated heterocycles. The first-order chi connectivity index (χ1) is 16.7. The van der Waals surface area contributed by atoms with E-state index in [0.29, 0.717) is 0 Å². The van der Waals surface area contributed by atoms with Crippen LogP contribution in [-0.4, -0.2) is 95.8 Å². The van der Waals surface area contributed by atoms with Gasteiger partial charge in [0.25, 0.3) is 0 Å². The Kier molecular flexibility index (Phi) is 11.3. The Morgan fingerprint density at radius 1 is 1.14 bits per heavy atom. The van der Waals surface area contributed by atoms with E-state index in [2.05, 4.69) is 31.4 Å². The number of nitrogens with two attached hydrogens (primary N) is 1. The minimum absolute atomic E-state index is 0.0157. The lowest BCUT2D eigenvalue weighted by atomic mass is 10.1. The van der Waals surface area contributed by atoms with Gasteiger partial charge in [0.15, 0.2) is 5.82 Å². The van der Waals surface area contributed by atoms with Crippen molar-refractivity contribution in [3.8, 4) is 0 Å². The highest BCUT2D eigenvalue weighted by Gasteiger charge is 2.30. The summed E-state index contributed by atoms with van der Waals surface area (Å²) in [6, 6.07) is -4.26. The molecule has 1 aliphatic heterocycles. The molecule has 8 N–H and O–H groups in total. The third kappa shape index (κ3) is 9.44. The molecule has 1 unspecified atom stereocenters. The highest BCUT2D eigenvalue weighted by molar-refractivity contribution is 5.87. The van der Waals surface area contributed by atoms with Crippen LogP contribution >= 0.6 is 0 Å². The van der Waals surface area contributed by atoms with E-state index in [1.807, 2.05) is 0 Å². The van der Waals surface area contributed by atoms with Crippen LogP contribution < -0.4 is 27.0 Å². The van der Waals surface area contributed by atoms with Crippen LogP contribution in [0.5, 0.6) is 0 Å². The van der Waals surface area contributed by atoms with Gasteiger partial charge in [-0.25, -0.2) is 4.79 Å². The normalized spacial score (nSPS) is 24.3. The minimum Gasteiger partial charge on any atom is -0.396 e. The van der Waals surface area contributed by atoms with Gasteiger partial charge in [0, 0.05) is 13.2 Å². The molecule has 1 aliphatic rings. The van der Waals surface area contributed by atoms with Gasteiger partial charge >= 0.3 is 6.03 Å². The molecular formula is C19H31N7O9. The summed E-state index contributed by atoms with van der Waals surface area (Å²) >= 11 is 0. The van der Waals surface area contributed by atoms with Gasteiger partial charge in [0.2, 0.25) is 23.6 Å². The predicted octanol–water partition coefficient (Wildman–Crippen LogP) is -3.26. The van der Waals surface area contributed by atoms with Crippen molar-refractivity contribution in [1.29, 1.82) is 0 Å². The van der Waals surface area contributed by atoms with E-state index in [4.69, 9.17) is 19.7 Å². The fourth-order valence-electron chi connectivity index (χ4n) is 3.05. The maximum absolute atomic E-state index is 12.6. The van der Waals surface area contributed by atoms with Crippen molar-refractivity contribution in [3.63, 3.8) is 0 Å². The van der Waals surface area contributed by atoms with E-state index in [-0.39, 0.29) is 57.7 Å². The number of amides is 5. The minimum atomic E-state index is -1.32. The Bertz CT molecular complexity index is 863. The monoisotopic (exact) mass is 501 g/mol. The van der Waals surface area contributed by atoms with Gasteiger partial charge in [-0.1, -0.05) is 5.16 Å². The average Bonchev–Trinajstić information content (AvgIpc) is 3.27. The summed E-state index contributed by atoms with van der Waals surface area (Å²) in [4.78, 5) is 52.8. The number of carbonyl (C=O) groups excluding carboxylic acids is 4. The zero-order chi connectivity index (χ0) is 25.8. The number of fused-ring (bicyclic) bond motifs is 2. The van der Waals surface area contributed by atoms with Crippen molar-refractivity contribution in [2.24, 2.45) is 5.73 Å². The zero-order valence-electron chi connectivity index (χ0n) is 19.2. The molecular weight excluding hydrogens is 470 g/mol. The van der Waals surface area contributed by atoms with E-state index in [1.165, 1.54) is 6.92 Å². The van der Waals surface area contributed by atoms with Crippen LogP contribution in [0.3, 0.4) is 0 Å². The molecule has 4 atom stereocenters. The lowest BCUT2D eigenvalue weighted by Gasteiger charge is -2.22. The standard InChI is InChI=1S/C19H31N7O9/c1-10(28)15-17(31)21-3-5-33-6-7-34-9-14(30)22-11(2-4-27)16-25-18(35-26-16)12(8-13(20)29)23-19(32)24-15/h10-12,15,27-28H,2-9H2,1H3,(H2,20,29)(H,21,31)(H,22,30)(H2,23,24,32)/t10?,11-,12-,15-/m0/s1. The molecule has 35 heavy (non-hydrogen) atoms. The van der Waals surface area contributed by atoms with Gasteiger partial charge < -0.3 is 51.2 Å². The summed E-state index contributed by atoms with van der Waals surface area (Å²) in [7, 11) is 0. The number of aliphatic hydroxyl groups excluding tert-OH is 2. The number of primary amides is 1. The number of rotatable bonds is 5. The first-order valence-corrected chi connectivity index (χ1v) is 10.9. The van der Waals surface area contributed by atoms with Gasteiger partial charge in [-0.05, 0) is 13.3 Å². The van der Waals surface area contributed by atoms with Crippen LogP contribution in [0.25, 0.3) is 0 Å². The number of nitrogens with zero attached hydrogens (tertiary/aromatic N) is 2. The molecule has 0 aromatic carbocycles. The van der Waals surface area contributed by atoms with E-state index in [0.717, 1.165) is 0 Å². The van der Waals surface area contributed by atoms with E-state index in [1.54, 1.807) is 0 Å². The van der Waals surface area contributed by atoms with Gasteiger partial charge in [-0.2, -0.15) is 4.98 Å². The number of aromatic nitrogens is 2. The van der Waals surface area contributed by atoms with Gasteiger partial charge in [-0.15, -0.1) is 0 Å². The number of hydrogen-bond donors (Lipinski definition) is 7. The van der Waals surface area contributed by atoms with Crippen molar-refractivity contribution < 1.29 is 43.4 Å². The molecule has 0 spiro atoms. The number of nitrogens with one attached hydrogen (secondary N) is 4. The van der Waals surface area contributed by atoms with Crippen molar-refractivity contribution >= 4 is 23.8 Å². The van der Waals surface area contributed by atoms with Gasteiger partial charge in [-0.3, -0.25) is 14.4 Å². The first kappa shape index (κ1) is 27.9. The molecule has 1 aromatic rings. The van der Waals surface area contributed by atoms with E-state index < -0.39 is 54.4 Å². The molecule has 196 valence electrons. The molecule has 16 heteroatoms. The molecule has 0 aliphatic carbocycles. The number of ether oxygens (including phenoxy) is 2. The topological polar surface area (TPSA) is 240 Å². The second-order valence-corrected chi connectivity index (χ2v) is 7.64. The molecule has 0 saturated carbocycles. The maximum atomic E-state index is 12.6. The summed E-state index contributed by atoms with van der Waals surface area (Å²) in [5, 5.41) is 32.9. The van der Waals surface area contributed by atoms with Crippen molar-refractivity contribution in [1.82, 2.24) is 31.4 Å². The Hall–Kier alpha value is -3.34. The number of carbonyl (C=O) groups is 4. The van der Waals surface area contributed by atoms with Crippen LogP contribution in [-0.2, 0) is 23.9 Å². The second kappa shape index (κ2) is 14.1. The quantitative estimate of drug-likeness (QED) is 0.211. The fourth-order valence-corrected chi connectivity index (χ4v) is 3.05. The van der Waals surface area contributed by atoms with Crippen LogP contribution in [0.15, 0.2) is 4.52 Å². The summed E-state index contributed by atoms with van der Waals surface area (Å²) in [5.74, 6) is -2.19. The average molecular weight is 501 g/mol. The summed E-state index contributed by atoms with van der Waals surface area (Å²) in [6.07, 6.45) is -1.63. The second-order valence-electron chi connectivity index (χ2n) is 7.64. The highest BCUT2D eigenvalue weighted by atomic mass is 16.5. The third-order valence-electron chi connectivity index (χ3n) is 4.73. The van der Waals surface area contributed by atoms with Gasteiger partial charge in [0.05, 0.1) is 38.4 Å². The molecule has 16 nitrogen and oxygen atoms in total. The summed E-state index contributed by atoms with van der Waals surface area (Å²) < 4.78 is 15.7. The maximum Gasteiger partial charge on any atom is 0.316 e. The Morgan fingerprint density at radius 2 is 1.89 bits per heavy atom. The highest BCUT2D eigenvalue weighted by Crippen LogP contribution is 2.19. The van der Waals surface area contributed by atoms with Crippen LogP contribution in [0.1, 0.15) is 43.6 Å². The van der Waals surface area contributed by atoms with Crippen molar-refractivity contribution in [2.75, 3.05) is 39.6 Å².